The van der Waals surface area contributed by atoms with Crippen LogP contribution in [0.5, 0.6) is 5.75 Å². The van der Waals surface area contributed by atoms with Crippen molar-refractivity contribution in [2.45, 2.75) is 13.8 Å². The standard InChI is InChI=1S/C17H16BrNO4/c1-10-6-13(18)7-11(2)16(10)23-9-15(20)19-14-5-3-4-12(8-14)17(21)22/h3-8H,9H2,1-2H3,(H,19,20)(H,21,22). The second kappa shape index (κ2) is 7.28. The molecule has 5 nitrogen and oxygen atoms in total. The van der Waals surface area contributed by atoms with Crippen LogP contribution in [-0.2, 0) is 4.79 Å². The average Bonchev–Trinajstić information content (AvgIpc) is 2.46. The maximum Gasteiger partial charge on any atom is 0.335 e. The van der Waals surface area contributed by atoms with E-state index in [0.29, 0.717) is 11.4 Å². The molecule has 0 saturated carbocycles. The molecule has 1 amide bonds. The van der Waals surface area contributed by atoms with Gasteiger partial charge in [-0.25, -0.2) is 4.79 Å². The minimum atomic E-state index is -1.04. The lowest BCUT2D eigenvalue weighted by molar-refractivity contribution is -0.118. The second-order valence-electron chi connectivity index (χ2n) is 5.09. The summed E-state index contributed by atoms with van der Waals surface area (Å²) in [5.41, 5.74) is 2.39. The number of anilines is 1. The average molecular weight is 378 g/mol. The number of hydrogen-bond acceptors (Lipinski definition) is 3. The van der Waals surface area contributed by atoms with Crippen LogP contribution in [0.25, 0.3) is 0 Å². The number of carboxylic acid groups (broad SMARTS) is 1. The Kier molecular flexibility index (Phi) is 5.39. The van der Waals surface area contributed by atoms with Gasteiger partial charge in [0.15, 0.2) is 6.61 Å². The van der Waals surface area contributed by atoms with Crippen molar-refractivity contribution in [3.05, 3.63) is 57.6 Å². The number of nitrogens with one attached hydrogen (secondary N) is 1. The number of amides is 1. The van der Waals surface area contributed by atoms with Gasteiger partial charge in [0.05, 0.1) is 5.56 Å². The topological polar surface area (TPSA) is 75.6 Å². The molecule has 2 aromatic rings. The van der Waals surface area contributed by atoms with Crippen LogP contribution in [0, 0.1) is 13.8 Å². The molecule has 0 radical (unpaired) electrons. The molecule has 0 spiro atoms. The van der Waals surface area contributed by atoms with Crippen LogP contribution >= 0.6 is 15.9 Å². The largest absolute Gasteiger partial charge is 0.483 e. The molecular formula is C17H16BrNO4. The summed E-state index contributed by atoms with van der Waals surface area (Å²) < 4.78 is 6.54. The van der Waals surface area contributed by atoms with Crippen LogP contribution in [0.1, 0.15) is 21.5 Å². The van der Waals surface area contributed by atoms with Crippen LogP contribution in [0.15, 0.2) is 40.9 Å². The summed E-state index contributed by atoms with van der Waals surface area (Å²) >= 11 is 3.41. The van der Waals surface area contributed by atoms with E-state index < -0.39 is 5.97 Å². The SMILES string of the molecule is Cc1cc(Br)cc(C)c1OCC(=O)Nc1cccc(C(=O)O)c1. The molecule has 6 heteroatoms. The zero-order valence-corrected chi connectivity index (χ0v) is 14.3. The van der Waals surface area contributed by atoms with Crippen LogP contribution in [0.2, 0.25) is 0 Å². The Labute approximate surface area is 142 Å². The second-order valence-corrected chi connectivity index (χ2v) is 6.01. The molecule has 0 aromatic heterocycles. The van der Waals surface area contributed by atoms with Gasteiger partial charge in [-0.1, -0.05) is 22.0 Å². The first kappa shape index (κ1) is 17.0. The Hall–Kier alpha value is -2.34. The van der Waals surface area contributed by atoms with Gasteiger partial charge in [0.2, 0.25) is 0 Å². The van der Waals surface area contributed by atoms with Gasteiger partial charge < -0.3 is 15.2 Å². The van der Waals surface area contributed by atoms with E-state index in [1.807, 2.05) is 26.0 Å². The van der Waals surface area contributed by atoms with Gasteiger partial charge in [-0.05, 0) is 55.3 Å². The molecule has 0 bridgehead atoms. The van der Waals surface area contributed by atoms with E-state index in [1.54, 1.807) is 12.1 Å². The summed E-state index contributed by atoms with van der Waals surface area (Å²) in [5.74, 6) is -0.727. The van der Waals surface area contributed by atoms with E-state index in [4.69, 9.17) is 9.84 Å². The molecule has 0 saturated heterocycles. The normalized spacial score (nSPS) is 10.2. The summed E-state index contributed by atoms with van der Waals surface area (Å²) in [6.07, 6.45) is 0. The summed E-state index contributed by atoms with van der Waals surface area (Å²) in [7, 11) is 0. The summed E-state index contributed by atoms with van der Waals surface area (Å²) in [4.78, 5) is 22.9. The van der Waals surface area contributed by atoms with Crippen LogP contribution in [-0.4, -0.2) is 23.6 Å². The first-order valence-electron chi connectivity index (χ1n) is 6.89. The zero-order valence-electron chi connectivity index (χ0n) is 12.7. The van der Waals surface area contributed by atoms with Crippen molar-refractivity contribution in [1.29, 1.82) is 0 Å². The number of benzene rings is 2. The number of carbonyl (C=O) groups excluding carboxylic acids is 1. The fourth-order valence-corrected chi connectivity index (χ4v) is 2.88. The van der Waals surface area contributed by atoms with Crippen molar-refractivity contribution in [1.82, 2.24) is 0 Å². The maximum atomic E-state index is 12.0. The monoisotopic (exact) mass is 377 g/mol. The van der Waals surface area contributed by atoms with E-state index in [-0.39, 0.29) is 18.1 Å². The lowest BCUT2D eigenvalue weighted by Crippen LogP contribution is -2.20. The molecule has 0 heterocycles. The molecule has 0 fully saturated rings. The highest BCUT2D eigenvalue weighted by molar-refractivity contribution is 9.10. The predicted octanol–water partition coefficient (Wildman–Crippen LogP) is 3.78. The van der Waals surface area contributed by atoms with Crippen molar-refractivity contribution in [3.63, 3.8) is 0 Å². The number of aromatic carboxylic acids is 1. The van der Waals surface area contributed by atoms with Crippen molar-refractivity contribution in [2.24, 2.45) is 0 Å². The molecular weight excluding hydrogens is 362 g/mol. The Bertz CT molecular complexity index is 735. The number of rotatable bonds is 5. The van der Waals surface area contributed by atoms with Crippen LogP contribution < -0.4 is 10.1 Å². The third-order valence-corrected chi connectivity index (χ3v) is 3.62. The highest BCUT2D eigenvalue weighted by atomic mass is 79.9. The first-order chi connectivity index (χ1) is 10.9. The quantitative estimate of drug-likeness (QED) is 0.830. The van der Waals surface area contributed by atoms with E-state index in [0.717, 1.165) is 15.6 Å². The summed E-state index contributed by atoms with van der Waals surface area (Å²) in [5, 5.41) is 11.6. The Morgan fingerprint density at radius 2 is 1.83 bits per heavy atom. The van der Waals surface area contributed by atoms with Gasteiger partial charge in [0, 0.05) is 10.2 Å². The fraction of sp³-hybridized carbons (Fsp3) is 0.176. The van der Waals surface area contributed by atoms with Gasteiger partial charge in [-0.3, -0.25) is 4.79 Å². The molecule has 120 valence electrons. The number of hydrogen-bond donors (Lipinski definition) is 2. The number of carbonyl (C=O) groups is 2. The van der Waals surface area contributed by atoms with Crippen molar-refractivity contribution in [3.8, 4) is 5.75 Å². The van der Waals surface area contributed by atoms with Crippen LogP contribution in [0.4, 0.5) is 5.69 Å². The fourth-order valence-electron chi connectivity index (χ4n) is 2.19. The highest BCUT2D eigenvalue weighted by Crippen LogP contribution is 2.27. The summed E-state index contributed by atoms with van der Waals surface area (Å²) in [6.45, 7) is 3.66. The molecule has 2 N–H and O–H groups in total. The first-order valence-corrected chi connectivity index (χ1v) is 7.69. The van der Waals surface area contributed by atoms with Crippen molar-refractivity contribution in [2.75, 3.05) is 11.9 Å². The Balaban J connectivity index is 2.01. The van der Waals surface area contributed by atoms with Gasteiger partial charge >= 0.3 is 5.97 Å². The molecule has 0 atom stereocenters. The van der Waals surface area contributed by atoms with Gasteiger partial charge in [0.1, 0.15) is 5.75 Å². The lowest BCUT2D eigenvalue weighted by atomic mass is 10.1. The van der Waals surface area contributed by atoms with Gasteiger partial charge in [-0.2, -0.15) is 0 Å². The van der Waals surface area contributed by atoms with Crippen molar-refractivity contribution >= 4 is 33.5 Å². The Morgan fingerprint density at radius 3 is 2.43 bits per heavy atom. The van der Waals surface area contributed by atoms with Crippen molar-refractivity contribution < 1.29 is 19.4 Å². The zero-order chi connectivity index (χ0) is 17.0. The third-order valence-electron chi connectivity index (χ3n) is 3.17. The predicted molar refractivity (Wildman–Crippen MR) is 91.1 cm³/mol. The smallest absolute Gasteiger partial charge is 0.335 e. The lowest BCUT2D eigenvalue weighted by Gasteiger charge is -2.13. The molecule has 0 aliphatic carbocycles. The number of aryl methyl sites for hydroxylation is 2. The van der Waals surface area contributed by atoms with Crippen LogP contribution in [0.3, 0.4) is 0 Å². The molecule has 2 aromatic carbocycles. The van der Waals surface area contributed by atoms with E-state index in [9.17, 15) is 9.59 Å². The number of ether oxygens (including phenoxy) is 1. The maximum absolute atomic E-state index is 12.0. The molecule has 0 aliphatic rings. The van der Waals surface area contributed by atoms with E-state index in [1.165, 1.54) is 12.1 Å². The molecule has 23 heavy (non-hydrogen) atoms. The van der Waals surface area contributed by atoms with E-state index in [2.05, 4.69) is 21.2 Å². The van der Waals surface area contributed by atoms with E-state index >= 15 is 0 Å². The molecule has 0 unspecified atom stereocenters. The third kappa shape index (κ3) is 4.56. The highest BCUT2D eigenvalue weighted by Gasteiger charge is 2.10. The Morgan fingerprint density at radius 1 is 1.17 bits per heavy atom. The number of halogens is 1. The van der Waals surface area contributed by atoms with Gasteiger partial charge in [-0.15, -0.1) is 0 Å². The molecule has 0 aliphatic heterocycles. The number of carboxylic acids is 1. The minimum absolute atomic E-state index is 0.114. The minimum Gasteiger partial charge on any atom is -0.483 e. The van der Waals surface area contributed by atoms with Gasteiger partial charge in [0.25, 0.3) is 5.91 Å². The summed E-state index contributed by atoms with van der Waals surface area (Å²) in [6, 6.07) is 9.88. The molecule has 2 rings (SSSR count).